The van der Waals surface area contributed by atoms with Crippen molar-refractivity contribution in [3.05, 3.63) is 87.1 Å². The summed E-state index contributed by atoms with van der Waals surface area (Å²) < 4.78 is 34.0. The maximum Gasteiger partial charge on any atom is 0.277 e. The molecule has 11 heteroatoms. The van der Waals surface area contributed by atoms with E-state index in [1.165, 1.54) is 10.8 Å². The fraction of sp³-hybridized carbons (Fsp3) is 0.269. The largest absolute Gasteiger partial charge is 0.491 e. The Labute approximate surface area is 217 Å². The molecule has 37 heavy (non-hydrogen) atoms. The molecule has 0 saturated heterocycles. The van der Waals surface area contributed by atoms with Crippen molar-refractivity contribution in [3.63, 3.8) is 0 Å². The number of hydrogen-bond donors (Lipinski definition) is 1. The number of halogens is 3. The first kappa shape index (κ1) is 27.8. The van der Waals surface area contributed by atoms with Gasteiger partial charge in [-0.2, -0.15) is 0 Å². The topological polar surface area (TPSA) is 102 Å². The van der Waals surface area contributed by atoms with E-state index in [0.29, 0.717) is 34.4 Å². The van der Waals surface area contributed by atoms with Gasteiger partial charge in [0.05, 0.1) is 29.9 Å². The van der Waals surface area contributed by atoms with Crippen LogP contribution < -0.4 is 10.3 Å². The Morgan fingerprint density at radius 2 is 2.03 bits per heavy atom. The van der Waals surface area contributed by atoms with Crippen LogP contribution in [0, 0.1) is 13.8 Å². The number of aryl methyl sites for hydroxylation is 2. The lowest BCUT2D eigenvalue weighted by Gasteiger charge is -2.17. The third kappa shape index (κ3) is 6.72. The summed E-state index contributed by atoms with van der Waals surface area (Å²) in [5.74, 6) is -1.33. The fourth-order valence-corrected chi connectivity index (χ4v) is 3.59. The van der Waals surface area contributed by atoms with E-state index in [1.807, 2.05) is 0 Å². The van der Waals surface area contributed by atoms with Gasteiger partial charge in [0, 0.05) is 42.2 Å². The first-order valence-electron chi connectivity index (χ1n) is 11.2. The Hall–Kier alpha value is -3.76. The maximum absolute atomic E-state index is 13.8. The Kier molecular flexibility index (Phi) is 8.67. The molecule has 0 bridgehead atoms. The van der Waals surface area contributed by atoms with E-state index >= 15 is 0 Å². The lowest BCUT2D eigenvalue weighted by Crippen LogP contribution is -2.23. The van der Waals surface area contributed by atoms with Crippen LogP contribution in [0.4, 0.5) is 8.78 Å². The van der Waals surface area contributed by atoms with Crippen LogP contribution in [-0.4, -0.2) is 37.9 Å². The molecule has 0 atom stereocenters. The number of pyridine rings is 2. The zero-order valence-electron chi connectivity index (χ0n) is 20.8. The van der Waals surface area contributed by atoms with Crippen molar-refractivity contribution in [2.24, 2.45) is 4.99 Å². The summed E-state index contributed by atoms with van der Waals surface area (Å²) in [6.07, 6.45) is 4.36. The zero-order valence-corrected chi connectivity index (χ0v) is 21.6. The lowest BCUT2D eigenvalue weighted by atomic mass is 10.1. The second kappa shape index (κ2) is 11.5. The third-order valence-electron chi connectivity index (χ3n) is 5.21. The summed E-state index contributed by atoms with van der Waals surface area (Å²) in [5.41, 5.74) is 0.860. The molecule has 0 aliphatic rings. The van der Waals surface area contributed by atoms with Crippen molar-refractivity contribution >= 4 is 18.3 Å². The van der Waals surface area contributed by atoms with Crippen LogP contribution in [-0.2, 0) is 5.60 Å². The number of rotatable bonds is 9. The molecule has 0 saturated carbocycles. The minimum Gasteiger partial charge on any atom is -0.491 e. The second-order valence-corrected chi connectivity index (χ2v) is 9.02. The lowest BCUT2D eigenvalue weighted by molar-refractivity contribution is 0.0688. The van der Waals surface area contributed by atoms with Gasteiger partial charge in [0.1, 0.15) is 28.0 Å². The van der Waals surface area contributed by atoms with E-state index in [1.54, 1.807) is 52.1 Å². The summed E-state index contributed by atoms with van der Waals surface area (Å²) >= 11 is 6.32. The number of aliphatic imine (C=N–C) groups is 1. The SMILES string of the molecule is C=N/C=C(F)\C=C(\F)CCOc1cc(C)n(-c2cc(-c3ccnc(C(C)(C)O)n3)cnc2C)c(=O)c1Cl. The number of aliphatic hydroxyl groups is 1. The van der Waals surface area contributed by atoms with E-state index in [4.69, 9.17) is 16.3 Å². The van der Waals surface area contributed by atoms with Crippen LogP contribution in [0.5, 0.6) is 5.75 Å². The summed E-state index contributed by atoms with van der Waals surface area (Å²) in [6, 6.07) is 4.97. The van der Waals surface area contributed by atoms with Gasteiger partial charge in [0.25, 0.3) is 5.56 Å². The molecule has 3 aromatic rings. The Bertz CT molecular complexity index is 1450. The molecule has 3 heterocycles. The number of ether oxygens (including phenoxy) is 1. The predicted molar refractivity (Wildman–Crippen MR) is 139 cm³/mol. The number of allylic oxidation sites excluding steroid dienone is 2. The van der Waals surface area contributed by atoms with Crippen LogP contribution in [0.25, 0.3) is 16.9 Å². The Balaban J connectivity index is 1.93. The van der Waals surface area contributed by atoms with Gasteiger partial charge in [-0.1, -0.05) is 11.6 Å². The average molecular weight is 530 g/mol. The first-order chi connectivity index (χ1) is 17.4. The highest BCUT2D eigenvalue weighted by molar-refractivity contribution is 6.31. The maximum atomic E-state index is 13.8. The van der Waals surface area contributed by atoms with E-state index in [-0.39, 0.29) is 29.6 Å². The monoisotopic (exact) mass is 529 g/mol. The van der Waals surface area contributed by atoms with E-state index in [2.05, 4.69) is 26.7 Å². The zero-order chi connectivity index (χ0) is 27.3. The molecule has 3 aromatic heterocycles. The van der Waals surface area contributed by atoms with Crippen molar-refractivity contribution in [2.45, 2.75) is 39.7 Å². The molecule has 1 N–H and O–H groups in total. The number of hydrogen-bond acceptors (Lipinski definition) is 7. The molecular formula is C26H26ClF2N5O3. The summed E-state index contributed by atoms with van der Waals surface area (Å²) in [6.45, 7) is 9.53. The highest BCUT2D eigenvalue weighted by atomic mass is 35.5. The minimum atomic E-state index is -1.24. The van der Waals surface area contributed by atoms with Gasteiger partial charge in [0.15, 0.2) is 5.82 Å². The molecule has 0 radical (unpaired) electrons. The molecule has 3 rings (SSSR count). The van der Waals surface area contributed by atoms with Crippen molar-refractivity contribution in [1.82, 2.24) is 19.5 Å². The highest BCUT2D eigenvalue weighted by Gasteiger charge is 2.21. The van der Waals surface area contributed by atoms with E-state index < -0.39 is 22.8 Å². The summed E-state index contributed by atoms with van der Waals surface area (Å²) in [5, 5.41) is 10.1. The van der Waals surface area contributed by atoms with Crippen molar-refractivity contribution < 1.29 is 18.6 Å². The summed E-state index contributed by atoms with van der Waals surface area (Å²) in [4.78, 5) is 29.4. The summed E-state index contributed by atoms with van der Waals surface area (Å²) in [7, 11) is 0. The fourth-order valence-electron chi connectivity index (χ4n) is 3.39. The van der Waals surface area contributed by atoms with Gasteiger partial charge >= 0.3 is 0 Å². The molecular weight excluding hydrogens is 504 g/mol. The average Bonchev–Trinajstić information content (AvgIpc) is 2.83. The third-order valence-corrected chi connectivity index (χ3v) is 5.56. The van der Waals surface area contributed by atoms with Gasteiger partial charge in [-0.25, -0.2) is 18.7 Å². The molecule has 0 amide bonds. The molecule has 0 unspecified atom stereocenters. The van der Waals surface area contributed by atoms with Crippen molar-refractivity contribution in [1.29, 1.82) is 0 Å². The van der Waals surface area contributed by atoms with Crippen molar-refractivity contribution in [3.8, 4) is 22.7 Å². The second-order valence-electron chi connectivity index (χ2n) is 8.64. The van der Waals surface area contributed by atoms with E-state index in [9.17, 15) is 18.7 Å². The smallest absolute Gasteiger partial charge is 0.277 e. The van der Waals surface area contributed by atoms with Crippen LogP contribution in [0.1, 0.15) is 37.5 Å². The molecule has 8 nitrogen and oxygen atoms in total. The number of nitrogens with zero attached hydrogens (tertiary/aromatic N) is 5. The molecule has 194 valence electrons. The van der Waals surface area contributed by atoms with Gasteiger partial charge in [-0.05, 0) is 46.5 Å². The normalized spacial score (nSPS) is 12.5. The van der Waals surface area contributed by atoms with Gasteiger partial charge in [-0.15, -0.1) is 0 Å². The molecule has 0 spiro atoms. The van der Waals surface area contributed by atoms with Crippen LogP contribution in [0.3, 0.4) is 0 Å². The van der Waals surface area contributed by atoms with Crippen LogP contribution >= 0.6 is 11.6 Å². The quantitative estimate of drug-likeness (QED) is 0.297. The predicted octanol–water partition coefficient (Wildman–Crippen LogP) is 5.32. The first-order valence-corrected chi connectivity index (χ1v) is 11.6. The van der Waals surface area contributed by atoms with Crippen molar-refractivity contribution in [2.75, 3.05) is 6.61 Å². The van der Waals surface area contributed by atoms with Gasteiger partial charge < -0.3 is 9.84 Å². The molecule has 0 aliphatic carbocycles. The Morgan fingerprint density at radius 1 is 1.30 bits per heavy atom. The minimum absolute atomic E-state index is 0.0735. The van der Waals surface area contributed by atoms with Crippen LogP contribution in [0.2, 0.25) is 5.02 Å². The van der Waals surface area contributed by atoms with Crippen LogP contribution in [0.15, 0.2) is 64.3 Å². The van der Waals surface area contributed by atoms with E-state index in [0.717, 1.165) is 6.20 Å². The molecule has 0 aromatic carbocycles. The standard InChI is InChI=1S/C26H26ClF2N5O3/c1-15-10-22(37-9-7-18(28)12-19(29)14-30-5)23(27)24(35)34(15)21-11-17(13-32-16(21)2)20-6-8-31-25(33-20)26(3,4)36/h6,8,10-14,36H,5,7,9H2,1-4H3/b18-12+,19-14+. The van der Waals surface area contributed by atoms with Gasteiger partial charge in [-0.3, -0.25) is 19.3 Å². The highest BCUT2D eigenvalue weighted by Crippen LogP contribution is 2.27. The number of aromatic nitrogens is 4. The Morgan fingerprint density at radius 3 is 2.70 bits per heavy atom. The molecule has 0 aliphatic heterocycles. The molecule has 0 fully saturated rings. The van der Waals surface area contributed by atoms with Gasteiger partial charge in [0.2, 0.25) is 0 Å².